The number of aryl methyl sites for hydroxylation is 2. The molecule has 0 radical (unpaired) electrons. The first-order valence-electron chi connectivity index (χ1n) is 6.36. The summed E-state index contributed by atoms with van der Waals surface area (Å²) < 4.78 is 8.17. The zero-order chi connectivity index (χ0) is 13.1. The lowest BCUT2D eigenvalue weighted by atomic mass is 10.2. The van der Waals surface area contributed by atoms with Gasteiger partial charge in [-0.15, -0.1) is 0 Å². The van der Waals surface area contributed by atoms with Crippen LogP contribution < -0.4 is 0 Å². The van der Waals surface area contributed by atoms with Crippen LogP contribution in [0.15, 0.2) is 12.3 Å². The van der Waals surface area contributed by atoms with E-state index in [0.717, 1.165) is 19.6 Å². The van der Waals surface area contributed by atoms with Gasteiger partial charge in [-0.25, -0.2) is 0 Å². The fraction of sp³-hybridized carbons (Fsp3) is 0.769. The minimum Gasteiger partial charge on any atom is -0.417 e. The highest BCUT2D eigenvalue weighted by Crippen LogP contribution is 2.36. The maximum atomic E-state index is 6.13. The van der Waals surface area contributed by atoms with Crippen LogP contribution in [0.2, 0.25) is 18.1 Å². The summed E-state index contributed by atoms with van der Waals surface area (Å²) in [5.41, 5.74) is 1.22. The highest BCUT2D eigenvalue weighted by Gasteiger charge is 2.36. The van der Waals surface area contributed by atoms with Crippen molar-refractivity contribution in [2.45, 2.75) is 58.8 Å². The van der Waals surface area contributed by atoms with Crippen LogP contribution >= 0.6 is 0 Å². The lowest BCUT2D eigenvalue weighted by Gasteiger charge is -2.36. The van der Waals surface area contributed by atoms with Crippen molar-refractivity contribution in [2.75, 3.05) is 6.61 Å². The monoisotopic (exact) mass is 254 g/mol. The fourth-order valence-electron chi connectivity index (χ4n) is 1.39. The summed E-state index contributed by atoms with van der Waals surface area (Å²) in [6.07, 6.45) is 2.89. The second-order valence-corrected chi connectivity index (χ2v) is 11.0. The maximum absolute atomic E-state index is 6.13. The molecule has 3 nitrogen and oxygen atoms in total. The van der Waals surface area contributed by atoms with E-state index in [0.29, 0.717) is 5.04 Å². The zero-order valence-electron chi connectivity index (χ0n) is 12.1. The molecule has 17 heavy (non-hydrogen) atoms. The van der Waals surface area contributed by atoms with Crippen LogP contribution in [-0.4, -0.2) is 24.7 Å². The molecule has 0 aliphatic heterocycles. The molecular weight excluding hydrogens is 228 g/mol. The van der Waals surface area contributed by atoms with E-state index in [1.165, 1.54) is 5.69 Å². The molecular formula is C13H26N2OSi. The van der Waals surface area contributed by atoms with Crippen molar-refractivity contribution in [2.24, 2.45) is 0 Å². The summed E-state index contributed by atoms with van der Waals surface area (Å²) in [6, 6.07) is 2.04. The van der Waals surface area contributed by atoms with Crippen molar-refractivity contribution in [1.82, 2.24) is 9.78 Å². The summed E-state index contributed by atoms with van der Waals surface area (Å²) in [5.74, 6) is 0. The molecule has 1 heterocycles. The van der Waals surface area contributed by atoms with Crippen molar-refractivity contribution < 1.29 is 4.43 Å². The molecule has 0 saturated heterocycles. The van der Waals surface area contributed by atoms with Gasteiger partial charge < -0.3 is 4.43 Å². The molecule has 4 heteroatoms. The Morgan fingerprint density at radius 2 is 2.00 bits per heavy atom. The fourth-order valence-corrected chi connectivity index (χ4v) is 2.48. The van der Waals surface area contributed by atoms with Gasteiger partial charge in [0.1, 0.15) is 0 Å². The molecule has 98 valence electrons. The minimum atomic E-state index is -1.57. The molecule has 1 aromatic rings. The largest absolute Gasteiger partial charge is 0.417 e. The van der Waals surface area contributed by atoms with E-state index in [2.05, 4.69) is 45.9 Å². The first-order chi connectivity index (χ1) is 7.74. The maximum Gasteiger partial charge on any atom is 0.191 e. The first kappa shape index (κ1) is 14.4. The number of hydrogen-bond acceptors (Lipinski definition) is 2. The van der Waals surface area contributed by atoms with Crippen LogP contribution in [0.4, 0.5) is 0 Å². The third kappa shape index (κ3) is 3.96. The molecule has 0 atom stereocenters. The molecule has 0 bridgehead atoms. The van der Waals surface area contributed by atoms with Crippen molar-refractivity contribution in [1.29, 1.82) is 0 Å². The van der Waals surface area contributed by atoms with Gasteiger partial charge in [-0.1, -0.05) is 20.8 Å². The average Bonchev–Trinajstić information content (AvgIpc) is 2.57. The van der Waals surface area contributed by atoms with Crippen LogP contribution in [0.5, 0.6) is 0 Å². The van der Waals surface area contributed by atoms with Gasteiger partial charge in [0.25, 0.3) is 0 Å². The Balaban J connectivity index is 2.32. The van der Waals surface area contributed by atoms with Crippen LogP contribution in [0.1, 0.15) is 32.9 Å². The van der Waals surface area contributed by atoms with Crippen molar-refractivity contribution in [3.63, 3.8) is 0 Å². The average molecular weight is 254 g/mol. The Bertz CT molecular complexity index is 353. The van der Waals surface area contributed by atoms with Gasteiger partial charge in [0, 0.05) is 25.0 Å². The lowest BCUT2D eigenvalue weighted by Crippen LogP contribution is -2.41. The second-order valence-electron chi connectivity index (χ2n) is 6.16. The van der Waals surface area contributed by atoms with Crippen molar-refractivity contribution in [3.05, 3.63) is 18.0 Å². The third-order valence-electron chi connectivity index (χ3n) is 3.71. The number of rotatable bonds is 5. The third-order valence-corrected chi connectivity index (χ3v) is 8.25. The SMILES string of the molecule is Cc1ccnn1CCCO[Si](C)(C)C(C)(C)C. The van der Waals surface area contributed by atoms with Gasteiger partial charge in [-0.05, 0) is 37.5 Å². The number of hydrogen-bond donors (Lipinski definition) is 0. The zero-order valence-corrected chi connectivity index (χ0v) is 13.1. The Hall–Kier alpha value is -0.613. The van der Waals surface area contributed by atoms with Gasteiger partial charge in [-0.2, -0.15) is 5.10 Å². The molecule has 0 amide bonds. The number of aromatic nitrogens is 2. The molecule has 0 aromatic carbocycles. The molecule has 1 aromatic heterocycles. The van der Waals surface area contributed by atoms with Crippen LogP contribution in [0.25, 0.3) is 0 Å². The summed E-state index contributed by atoms with van der Waals surface area (Å²) in [4.78, 5) is 0. The summed E-state index contributed by atoms with van der Waals surface area (Å²) in [7, 11) is -1.57. The molecule has 0 saturated carbocycles. The van der Waals surface area contributed by atoms with Gasteiger partial charge >= 0.3 is 0 Å². The van der Waals surface area contributed by atoms with Gasteiger partial charge in [0.15, 0.2) is 8.32 Å². The molecule has 0 unspecified atom stereocenters. The highest BCUT2D eigenvalue weighted by molar-refractivity contribution is 6.74. The quantitative estimate of drug-likeness (QED) is 0.593. The predicted molar refractivity (Wildman–Crippen MR) is 74.7 cm³/mol. The summed E-state index contributed by atoms with van der Waals surface area (Å²) >= 11 is 0. The van der Waals surface area contributed by atoms with E-state index in [1.54, 1.807) is 0 Å². The Kier molecular flexibility index (Phi) is 4.55. The topological polar surface area (TPSA) is 27.1 Å². The van der Waals surface area contributed by atoms with Crippen LogP contribution in [0.3, 0.4) is 0 Å². The van der Waals surface area contributed by atoms with E-state index >= 15 is 0 Å². The molecule has 0 spiro atoms. The first-order valence-corrected chi connectivity index (χ1v) is 9.27. The standard InChI is InChI=1S/C13H26N2OSi/c1-12-8-9-14-15(12)10-7-11-16-17(5,6)13(2,3)4/h8-9H,7,10-11H2,1-6H3. The summed E-state index contributed by atoms with van der Waals surface area (Å²) in [6.45, 7) is 15.3. The van der Waals surface area contributed by atoms with Crippen molar-refractivity contribution >= 4 is 8.32 Å². The highest BCUT2D eigenvalue weighted by atomic mass is 28.4. The van der Waals surface area contributed by atoms with E-state index in [-0.39, 0.29) is 0 Å². The Morgan fingerprint density at radius 3 is 2.47 bits per heavy atom. The summed E-state index contributed by atoms with van der Waals surface area (Å²) in [5, 5.41) is 4.57. The van der Waals surface area contributed by atoms with Gasteiger partial charge in [0.2, 0.25) is 0 Å². The Labute approximate surface area is 106 Å². The smallest absolute Gasteiger partial charge is 0.191 e. The molecule has 0 N–H and O–H groups in total. The van der Waals surface area contributed by atoms with Crippen LogP contribution in [-0.2, 0) is 11.0 Å². The van der Waals surface area contributed by atoms with E-state index < -0.39 is 8.32 Å². The minimum absolute atomic E-state index is 0.300. The lowest BCUT2D eigenvalue weighted by molar-refractivity contribution is 0.272. The predicted octanol–water partition coefficient (Wildman–Crippen LogP) is 3.60. The Morgan fingerprint density at radius 1 is 1.35 bits per heavy atom. The van der Waals surface area contributed by atoms with Gasteiger partial charge in [-0.3, -0.25) is 4.68 Å². The van der Waals surface area contributed by atoms with Crippen molar-refractivity contribution in [3.8, 4) is 0 Å². The normalized spacial score (nSPS) is 13.1. The van der Waals surface area contributed by atoms with E-state index in [4.69, 9.17) is 4.43 Å². The number of nitrogens with zero attached hydrogens (tertiary/aromatic N) is 2. The molecule has 1 rings (SSSR count). The van der Waals surface area contributed by atoms with E-state index in [9.17, 15) is 0 Å². The second kappa shape index (κ2) is 5.36. The van der Waals surface area contributed by atoms with Crippen LogP contribution in [0, 0.1) is 6.92 Å². The molecule has 0 aliphatic rings. The van der Waals surface area contributed by atoms with E-state index in [1.807, 2.05) is 16.9 Å². The molecule has 0 aliphatic carbocycles. The van der Waals surface area contributed by atoms with Gasteiger partial charge in [0.05, 0.1) is 0 Å². The molecule has 0 fully saturated rings.